The smallest absolute Gasteiger partial charge is 0.257 e. The summed E-state index contributed by atoms with van der Waals surface area (Å²) in [6.45, 7) is 6.77. The maximum Gasteiger partial charge on any atom is 0.257 e. The molecule has 2 aliphatic rings. The molecule has 8 nitrogen and oxygen atoms in total. The van der Waals surface area contributed by atoms with Gasteiger partial charge in [-0.1, -0.05) is 12.1 Å². The Balaban J connectivity index is 1.41. The second-order valence-corrected chi connectivity index (χ2v) is 8.55. The molecular formula is C24H29N7O. The van der Waals surface area contributed by atoms with Gasteiger partial charge < -0.3 is 15.1 Å². The van der Waals surface area contributed by atoms with Crippen LogP contribution in [0.1, 0.15) is 40.4 Å². The van der Waals surface area contributed by atoms with Crippen molar-refractivity contribution in [2.45, 2.75) is 25.7 Å². The van der Waals surface area contributed by atoms with E-state index in [4.69, 9.17) is 5.10 Å². The largest absolute Gasteiger partial charge is 0.337 e. The van der Waals surface area contributed by atoms with Crippen molar-refractivity contribution in [3.8, 4) is 5.69 Å². The Morgan fingerprint density at radius 1 is 1.03 bits per heavy atom. The Labute approximate surface area is 188 Å². The third kappa shape index (κ3) is 4.10. The van der Waals surface area contributed by atoms with Crippen LogP contribution < -0.4 is 10.2 Å². The molecule has 2 saturated heterocycles. The average molecular weight is 432 g/mol. The zero-order chi connectivity index (χ0) is 21.9. The first-order valence-electron chi connectivity index (χ1n) is 11.4. The van der Waals surface area contributed by atoms with Gasteiger partial charge in [0.15, 0.2) is 0 Å². The number of rotatable bonds is 4. The molecule has 1 amide bonds. The average Bonchev–Trinajstić information content (AvgIpc) is 3.30. The topological polar surface area (TPSA) is 79.2 Å². The minimum Gasteiger partial charge on any atom is -0.337 e. The highest BCUT2D eigenvalue weighted by molar-refractivity contribution is 5.95. The van der Waals surface area contributed by atoms with Gasteiger partial charge in [0.2, 0.25) is 5.95 Å². The minimum atomic E-state index is 0.0751. The quantitative estimate of drug-likeness (QED) is 0.683. The molecule has 2 aliphatic heterocycles. The summed E-state index contributed by atoms with van der Waals surface area (Å²) in [4.78, 5) is 26.4. The van der Waals surface area contributed by atoms with Gasteiger partial charge in [0, 0.05) is 44.5 Å². The van der Waals surface area contributed by atoms with Crippen LogP contribution in [-0.2, 0) is 0 Å². The summed E-state index contributed by atoms with van der Waals surface area (Å²) in [7, 11) is 0. The van der Waals surface area contributed by atoms with Crippen LogP contribution in [0, 0.1) is 6.92 Å². The van der Waals surface area contributed by atoms with Crippen LogP contribution in [0.15, 0.2) is 48.9 Å². The Morgan fingerprint density at radius 3 is 2.50 bits per heavy atom. The van der Waals surface area contributed by atoms with Crippen molar-refractivity contribution in [3.05, 3.63) is 65.7 Å². The van der Waals surface area contributed by atoms with E-state index in [1.165, 1.54) is 5.56 Å². The number of amides is 1. The first kappa shape index (κ1) is 20.6. The van der Waals surface area contributed by atoms with Crippen molar-refractivity contribution in [1.82, 2.24) is 30.0 Å². The number of hydrogen-bond acceptors (Lipinski definition) is 6. The molecule has 0 saturated carbocycles. The molecule has 0 atom stereocenters. The lowest BCUT2D eigenvalue weighted by atomic mass is 9.91. The summed E-state index contributed by atoms with van der Waals surface area (Å²) in [6.07, 6.45) is 7.30. The van der Waals surface area contributed by atoms with Crippen molar-refractivity contribution < 1.29 is 4.79 Å². The highest BCUT2D eigenvalue weighted by Gasteiger charge is 2.31. The van der Waals surface area contributed by atoms with Crippen molar-refractivity contribution in [2.75, 3.05) is 44.2 Å². The summed E-state index contributed by atoms with van der Waals surface area (Å²) in [6, 6.07) is 10.1. The van der Waals surface area contributed by atoms with Crippen LogP contribution >= 0.6 is 0 Å². The second-order valence-electron chi connectivity index (χ2n) is 8.55. The molecule has 8 heteroatoms. The van der Waals surface area contributed by atoms with Crippen LogP contribution in [0.5, 0.6) is 0 Å². The van der Waals surface area contributed by atoms with Gasteiger partial charge in [-0.15, -0.1) is 0 Å². The normalized spacial score (nSPS) is 17.5. The number of carbonyl (C=O) groups is 1. The fourth-order valence-corrected chi connectivity index (χ4v) is 4.71. The molecule has 0 radical (unpaired) electrons. The van der Waals surface area contributed by atoms with Gasteiger partial charge in [-0.05, 0) is 56.6 Å². The molecule has 4 heterocycles. The van der Waals surface area contributed by atoms with Crippen LogP contribution in [0.4, 0.5) is 5.95 Å². The van der Waals surface area contributed by atoms with E-state index in [1.54, 1.807) is 18.6 Å². The third-order valence-electron chi connectivity index (χ3n) is 6.41. The predicted octanol–water partition coefficient (Wildman–Crippen LogP) is 2.40. The number of aryl methyl sites for hydroxylation is 1. The molecule has 2 aromatic heterocycles. The predicted molar refractivity (Wildman–Crippen MR) is 123 cm³/mol. The molecule has 0 spiro atoms. The fourth-order valence-electron chi connectivity index (χ4n) is 4.71. The maximum atomic E-state index is 13.6. The molecule has 5 rings (SSSR count). The monoisotopic (exact) mass is 431 g/mol. The Hall–Kier alpha value is -3.26. The van der Waals surface area contributed by atoms with Crippen LogP contribution in [0.25, 0.3) is 5.69 Å². The molecule has 0 unspecified atom stereocenters. The lowest BCUT2D eigenvalue weighted by Crippen LogP contribution is -2.49. The van der Waals surface area contributed by atoms with E-state index < -0.39 is 0 Å². The molecule has 2 fully saturated rings. The van der Waals surface area contributed by atoms with Crippen molar-refractivity contribution in [2.24, 2.45) is 0 Å². The number of nitrogens with one attached hydrogen (secondary N) is 1. The van der Waals surface area contributed by atoms with E-state index in [0.29, 0.717) is 19.0 Å². The number of piperazine rings is 1. The number of aromatic nitrogens is 4. The van der Waals surface area contributed by atoms with Crippen molar-refractivity contribution in [3.63, 3.8) is 0 Å². The second kappa shape index (κ2) is 9.08. The first-order valence-corrected chi connectivity index (χ1v) is 11.4. The summed E-state index contributed by atoms with van der Waals surface area (Å²) < 4.78 is 1.99. The highest BCUT2D eigenvalue weighted by atomic mass is 16.2. The molecule has 1 N–H and O–H groups in total. The zero-order valence-electron chi connectivity index (χ0n) is 18.4. The van der Waals surface area contributed by atoms with Gasteiger partial charge in [0.05, 0.1) is 23.1 Å². The van der Waals surface area contributed by atoms with Crippen LogP contribution in [0.3, 0.4) is 0 Å². The van der Waals surface area contributed by atoms with Gasteiger partial charge in [0.25, 0.3) is 5.91 Å². The number of nitrogens with zero attached hydrogens (tertiary/aromatic N) is 6. The summed E-state index contributed by atoms with van der Waals surface area (Å²) in [5.41, 5.74) is 3.99. The third-order valence-corrected chi connectivity index (χ3v) is 6.41. The highest BCUT2D eigenvalue weighted by Crippen LogP contribution is 2.31. The van der Waals surface area contributed by atoms with E-state index in [9.17, 15) is 4.79 Å². The summed E-state index contributed by atoms with van der Waals surface area (Å²) >= 11 is 0. The zero-order valence-corrected chi connectivity index (χ0v) is 18.4. The number of piperidine rings is 1. The van der Waals surface area contributed by atoms with Crippen molar-refractivity contribution >= 4 is 11.9 Å². The van der Waals surface area contributed by atoms with E-state index in [2.05, 4.69) is 45.3 Å². The minimum absolute atomic E-state index is 0.0751. The molecule has 1 aromatic carbocycles. The molecule has 0 bridgehead atoms. The van der Waals surface area contributed by atoms with Gasteiger partial charge >= 0.3 is 0 Å². The number of carbonyl (C=O) groups excluding carboxylic acids is 1. The molecule has 3 aromatic rings. The number of anilines is 1. The summed E-state index contributed by atoms with van der Waals surface area (Å²) in [5.74, 6) is 1.12. The fraction of sp³-hybridized carbons (Fsp3) is 0.417. The van der Waals surface area contributed by atoms with E-state index in [-0.39, 0.29) is 5.91 Å². The number of benzene rings is 1. The Bertz CT molecular complexity index is 1070. The molecular weight excluding hydrogens is 402 g/mol. The lowest BCUT2D eigenvalue weighted by molar-refractivity contribution is 0.0744. The van der Waals surface area contributed by atoms with E-state index in [0.717, 1.165) is 61.9 Å². The summed E-state index contributed by atoms with van der Waals surface area (Å²) in [5, 5.41) is 8.13. The SMILES string of the molecule is Cc1cccc(-n2ncc(C(=O)N3CCN(c4ncccn4)CC3)c2C2CCNCC2)c1. The standard InChI is InChI=1S/C24H29N7O/c1-18-4-2-5-20(16-18)31-22(19-6-10-25-11-7-19)21(17-28-31)23(32)29-12-14-30(15-13-29)24-26-8-3-9-27-24/h2-5,8-9,16-17,19,25H,6-7,10-15H2,1H3. The van der Waals surface area contributed by atoms with Crippen molar-refractivity contribution in [1.29, 1.82) is 0 Å². The first-order chi connectivity index (χ1) is 15.7. The van der Waals surface area contributed by atoms with Gasteiger partial charge in [-0.25, -0.2) is 14.6 Å². The Kier molecular flexibility index (Phi) is 5.85. The lowest BCUT2D eigenvalue weighted by Gasteiger charge is -2.35. The molecule has 0 aliphatic carbocycles. The Morgan fingerprint density at radius 2 is 1.78 bits per heavy atom. The maximum absolute atomic E-state index is 13.6. The number of hydrogen-bond donors (Lipinski definition) is 1. The van der Waals surface area contributed by atoms with Gasteiger partial charge in [0.1, 0.15) is 0 Å². The van der Waals surface area contributed by atoms with E-state index >= 15 is 0 Å². The van der Waals surface area contributed by atoms with Gasteiger partial charge in [-0.2, -0.15) is 5.10 Å². The van der Waals surface area contributed by atoms with E-state index in [1.807, 2.05) is 21.7 Å². The molecule has 32 heavy (non-hydrogen) atoms. The molecule has 166 valence electrons. The van der Waals surface area contributed by atoms with Crippen LogP contribution in [0.2, 0.25) is 0 Å². The van der Waals surface area contributed by atoms with Crippen LogP contribution in [-0.4, -0.2) is 69.8 Å². The van der Waals surface area contributed by atoms with Gasteiger partial charge in [-0.3, -0.25) is 4.79 Å².